The van der Waals surface area contributed by atoms with Crippen LogP contribution in [0.5, 0.6) is 0 Å². The Morgan fingerprint density at radius 2 is 1.74 bits per heavy atom. The van der Waals surface area contributed by atoms with Gasteiger partial charge in [0.25, 0.3) is 0 Å². The molecule has 0 aromatic rings. The third kappa shape index (κ3) is 3.75. The van der Waals surface area contributed by atoms with E-state index in [9.17, 15) is 15.3 Å². The largest absolute Gasteiger partial charge is 0.393 e. The Kier molecular flexibility index (Phi) is 4.66. The van der Waals surface area contributed by atoms with Gasteiger partial charge < -0.3 is 15.3 Å². The minimum Gasteiger partial charge on any atom is -0.393 e. The summed E-state index contributed by atoms with van der Waals surface area (Å²) in [5, 5.41) is 32.6. The lowest BCUT2D eigenvalue weighted by molar-refractivity contribution is -0.0967. The summed E-state index contributed by atoms with van der Waals surface area (Å²) in [5.41, 5.74) is 1.63. The normalized spacial score (nSPS) is 50.1. The molecule has 3 fully saturated rings. The summed E-state index contributed by atoms with van der Waals surface area (Å²) in [6, 6.07) is 0. The lowest BCUT2D eigenvalue weighted by Crippen LogP contribution is -2.52. The van der Waals surface area contributed by atoms with Gasteiger partial charge in [-0.3, -0.25) is 0 Å². The first-order valence-corrected chi connectivity index (χ1v) is 12.7. The van der Waals surface area contributed by atoms with E-state index >= 15 is 0 Å². The minimum atomic E-state index is -2.75. The summed E-state index contributed by atoms with van der Waals surface area (Å²) in [5.74, 6) is -1.16. The highest BCUT2D eigenvalue weighted by atomic mass is 16.3. The molecule has 0 heterocycles. The molecule has 0 aromatic heterocycles. The molecule has 3 nitrogen and oxygen atoms in total. The van der Waals surface area contributed by atoms with Gasteiger partial charge in [0.2, 0.25) is 0 Å². The van der Waals surface area contributed by atoms with Crippen molar-refractivity contribution in [2.75, 3.05) is 0 Å². The molecule has 178 valence electrons. The molecule has 4 rings (SSSR count). The van der Waals surface area contributed by atoms with E-state index in [4.69, 9.17) is 8.22 Å². The molecular formula is C28H48O3. The summed E-state index contributed by atoms with van der Waals surface area (Å²) in [7, 11) is 0. The van der Waals surface area contributed by atoms with Gasteiger partial charge in [-0.25, -0.2) is 0 Å². The standard InChI is InChI=1S/C28H48O3/c1-16(2)17(3)25(30)26(31)18(4)22-9-10-23-21-8-7-19-15-20(29)11-13-27(19,5)24(21)12-14-28(22,23)6/h7,16-18,20-26,29-31H,8-15H2,1-6H3/t17-,18-,20-,21-,22+,23-,24-,25+,26+,27-,28+/m0/s1/i1D3,2D3. The van der Waals surface area contributed by atoms with E-state index in [0.29, 0.717) is 17.8 Å². The molecule has 0 radical (unpaired) electrons. The topological polar surface area (TPSA) is 60.7 Å². The summed E-state index contributed by atoms with van der Waals surface area (Å²) in [6.45, 7) is 2.65. The minimum absolute atomic E-state index is 0.0217. The first-order chi connectivity index (χ1) is 16.9. The Labute approximate surface area is 199 Å². The van der Waals surface area contributed by atoms with E-state index < -0.39 is 37.7 Å². The number of aliphatic hydroxyl groups excluding tert-OH is 3. The summed E-state index contributed by atoms with van der Waals surface area (Å²) in [4.78, 5) is 0. The maximum Gasteiger partial charge on any atom is 0.0830 e. The average Bonchev–Trinajstić information content (AvgIpc) is 3.13. The molecule has 4 aliphatic rings. The molecule has 3 N–H and O–H groups in total. The van der Waals surface area contributed by atoms with Crippen molar-refractivity contribution in [1.82, 2.24) is 0 Å². The van der Waals surface area contributed by atoms with Gasteiger partial charge >= 0.3 is 0 Å². The van der Waals surface area contributed by atoms with Crippen LogP contribution in [0.3, 0.4) is 0 Å². The Morgan fingerprint density at radius 3 is 2.45 bits per heavy atom. The van der Waals surface area contributed by atoms with Gasteiger partial charge in [0.1, 0.15) is 0 Å². The van der Waals surface area contributed by atoms with Gasteiger partial charge in [0.15, 0.2) is 0 Å². The fraction of sp³-hybridized carbons (Fsp3) is 0.929. The number of rotatable bonds is 5. The number of fused-ring (bicyclic) bond motifs is 5. The second-order valence-electron chi connectivity index (χ2n) is 12.1. The van der Waals surface area contributed by atoms with Crippen LogP contribution in [0.15, 0.2) is 11.6 Å². The molecule has 0 bridgehead atoms. The Hall–Kier alpha value is -0.380. The fourth-order valence-electron chi connectivity index (χ4n) is 8.60. The molecule has 0 spiro atoms. The Bertz CT molecular complexity index is 857. The van der Waals surface area contributed by atoms with Crippen molar-refractivity contribution in [2.45, 2.75) is 111 Å². The van der Waals surface area contributed by atoms with E-state index in [-0.39, 0.29) is 28.8 Å². The maximum atomic E-state index is 11.3. The van der Waals surface area contributed by atoms with Crippen LogP contribution in [-0.2, 0) is 0 Å². The second kappa shape index (κ2) is 8.44. The lowest BCUT2D eigenvalue weighted by atomic mass is 9.47. The molecule has 0 saturated heterocycles. The Morgan fingerprint density at radius 1 is 1.00 bits per heavy atom. The van der Waals surface area contributed by atoms with Crippen LogP contribution in [0.1, 0.15) is 101 Å². The summed E-state index contributed by atoms with van der Waals surface area (Å²) < 4.78 is 46.7. The Balaban J connectivity index is 1.52. The van der Waals surface area contributed by atoms with E-state index in [0.717, 1.165) is 51.4 Å². The molecule has 3 heteroatoms. The van der Waals surface area contributed by atoms with Crippen molar-refractivity contribution in [1.29, 1.82) is 0 Å². The van der Waals surface area contributed by atoms with E-state index in [1.54, 1.807) is 0 Å². The van der Waals surface area contributed by atoms with Crippen LogP contribution in [0.4, 0.5) is 0 Å². The molecule has 3 saturated carbocycles. The highest BCUT2D eigenvalue weighted by Crippen LogP contribution is 2.67. The summed E-state index contributed by atoms with van der Waals surface area (Å²) in [6.07, 6.45) is 7.58. The quantitative estimate of drug-likeness (QED) is 0.491. The maximum absolute atomic E-state index is 11.3. The fourth-order valence-corrected chi connectivity index (χ4v) is 8.60. The molecule has 31 heavy (non-hydrogen) atoms. The van der Waals surface area contributed by atoms with Crippen LogP contribution < -0.4 is 0 Å². The second-order valence-corrected chi connectivity index (χ2v) is 12.1. The number of aliphatic hydroxyl groups is 3. The highest BCUT2D eigenvalue weighted by molar-refractivity contribution is 5.25. The predicted molar refractivity (Wildman–Crippen MR) is 126 cm³/mol. The number of allylic oxidation sites excluding steroid dienone is 1. The van der Waals surface area contributed by atoms with Crippen LogP contribution in [-0.4, -0.2) is 33.6 Å². The first-order valence-electron chi connectivity index (χ1n) is 15.7. The van der Waals surface area contributed by atoms with Gasteiger partial charge in [-0.15, -0.1) is 0 Å². The molecule has 11 atom stereocenters. The van der Waals surface area contributed by atoms with Gasteiger partial charge in [0, 0.05) is 8.22 Å². The highest BCUT2D eigenvalue weighted by Gasteiger charge is 2.59. The molecule has 0 unspecified atom stereocenters. The third-order valence-electron chi connectivity index (χ3n) is 10.7. The van der Waals surface area contributed by atoms with Crippen LogP contribution in [0.25, 0.3) is 0 Å². The first kappa shape index (κ1) is 17.1. The van der Waals surface area contributed by atoms with Crippen LogP contribution >= 0.6 is 0 Å². The van der Waals surface area contributed by atoms with E-state index in [2.05, 4.69) is 19.9 Å². The zero-order chi connectivity index (χ0) is 27.7. The van der Waals surface area contributed by atoms with Crippen molar-refractivity contribution in [3.8, 4) is 0 Å². The van der Waals surface area contributed by atoms with Crippen LogP contribution in [0.2, 0.25) is 0 Å². The zero-order valence-corrected chi connectivity index (χ0v) is 19.8. The average molecular weight is 439 g/mol. The molecular weight excluding hydrogens is 384 g/mol. The van der Waals surface area contributed by atoms with Crippen molar-refractivity contribution < 1.29 is 23.5 Å². The molecule has 0 amide bonds. The monoisotopic (exact) mass is 438 g/mol. The zero-order valence-electron chi connectivity index (χ0n) is 25.8. The van der Waals surface area contributed by atoms with Crippen molar-refractivity contribution in [2.24, 2.45) is 52.3 Å². The molecule has 4 aliphatic carbocycles. The van der Waals surface area contributed by atoms with E-state index in [1.807, 2.05) is 6.92 Å². The number of hydrogen-bond donors (Lipinski definition) is 3. The van der Waals surface area contributed by atoms with Crippen molar-refractivity contribution in [3.63, 3.8) is 0 Å². The van der Waals surface area contributed by atoms with E-state index in [1.165, 1.54) is 12.5 Å². The summed E-state index contributed by atoms with van der Waals surface area (Å²) >= 11 is 0. The number of hydrogen-bond acceptors (Lipinski definition) is 3. The lowest BCUT2D eigenvalue weighted by Gasteiger charge is -2.58. The predicted octanol–water partition coefficient (Wildman–Crippen LogP) is 5.58. The third-order valence-corrected chi connectivity index (χ3v) is 10.7. The molecule has 0 aliphatic heterocycles. The van der Waals surface area contributed by atoms with Gasteiger partial charge in [-0.2, -0.15) is 0 Å². The van der Waals surface area contributed by atoms with Gasteiger partial charge in [0.05, 0.1) is 18.3 Å². The van der Waals surface area contributed by atoms with Gasteiger partial charge in [-0.05, 0) is 104 Å². The SMILES string of the molecule is [2H]C([2H])([2H])C([C@H](C)[C@@H](O)[C@H](O)[C@@H](C)[C@H]1CC[C@H]2[C@@H]3CC=C4C[C@@H](O)CC[C@]4(C)[C@H]3CC[C@]12C)C([2H])([2H])[2H]. The van der Waals surface area contributed by atoms with Crippen LogP contribution in [0, 0.1) is 52.3 Å². The smallest absolute Gasteiger partial charge is 0.0830 e. The molecule has 0 aromatic carbocycles. The van der Waals surface area contributed by atoms with Crippen molar-refractivity contribution >= 4 is 0 Å². The van der Waals surface area contributed by atoms with Gasteiger partial charge in [-0.1, -0.05) is 53.0 Å². The van der Waals surface area contributed by atoms with Crippen molar-refractivity contribution in [3.05, 3.63) is 11.6 Å².